The van der Waals surface area contributed by atoms with Gasteiger partial charge < -0.3 is 15.4 Å². The van der Waals surface area contributed by atoms with Crippen molar-refractivity contribution in [2.75, 3.05) is 19.0 Å². The molecule has 0 aromatic heterocycles. The highest BCUT2D eigenvalue weighted by Gasteiger charge is 2.19. The van der Waals surface area contributed by atoms with Crippen LogP contribution in [0.1, 0.15) is 38.3 Å². The summed E-state index contributed by atoms with van der Waals surface area (Å²) in [4.78, 5) is 11.3. The monoisotopic (exact) mass is 262 g/mol. The molecule has 0 spiro atoms. The molecular weight excluding hydrogens is 240 g/mol. The van der Waals surface area contributed by atoms with Crippen LogP contribution in [0.15, 0.2) is 18.2 Å². The van der Waals surface area contributed by atoms with E-state index in [9.17, 15) is 4.79 Å². The maximum Gasteiger partial charge on any atom is 0.262 e. The fourth-order valence-electron chi connectivity index (χ4n) is 2.31. The normalized spacial score (nSPS) is 17.1. The maximum absolute atomic E-state index is 11.3. The lowest BCUT2D eigenvalue weighted by atomic mass is 9.94. The lowest BCUT2D eigenvalue weighted by Crippen LogP contribution is -2.26. The first-order valence-corrected chi connectivity index (χ1v) is 6.88. The van der Waals surface area contributed by atoms with E-state index in [1.165, 1.54) is 12.0 Å². The number of hydrogen-bond acceptors (Lipinski definition) is 3. The summed E-state index contributed by atoms with van der Waals surface area (Å²) in [6, 6.07) is 6.32. The molecule has 0 saturated carbocycles. The molecule has 1 aromatic carbocycles. The third-order valence-electron chi connectivity index (χ3n) is 3.72. The highest BCUT2D eigenvalue weighted by Crippen LogP contribution is 2.32. The van der Waals surface area contributed by atoms with Crippen LogP contribution in [-0.2, 0) is 4.79 Å². The minimum absolute atomic E-state index is 0.0902. The fraction of sp³-hybridized carbons (Fsp3) is 0.533. The quantitative estimate of drug-likeness (QED) is 0.858. The molecule has 2 rings (SSSR count). The molecule has 0 aliphatic carbocycles. The van der Waals surface area contributed by atoms with Crippen molar-refractivity contribution in [1.29, 1.82) is 0 Å². The summed E-state index contributed by atoms with van der Waals surface area (Å²) in [6.45, 7) is 4.57. The summed E-state index contributed by atoms with van der Waals surface area (Å²) < 4.78 is 5.37. The zero-order valence-electron chi connectivity index (χ0n) is 11.8. The molecule has 1 amide bonds. The van der Waals surface area contributed by atoms with Gasteiger partial charge in [-0.05, 0) is 37.1 Å². The summed E-state index contributed by atoms with van der Waals surface area (Å²) in [5, 5.41) is 6.20. The van der Waals surface area contributed by atoms with E-state index >= 15 is 0 Å². The maximum atomic E-state index is 11.3. The summed E-state index contributed by atoms with van der Waals surface area (Å²) in [5.41, 5.74) is 1.96. The van der Waals surface area contributed by atoms with Gasteiger partial charge in [-0.1, -0.05) is 26.3 Å². The van der Waals surface area contributed by atoms with Gasteiger partial charge in [0, 0.05) is 6.04 Å². The van der Waals surface area contributed by atoms with Gasteiger partial charge in [-0.15, -0.1) is 0 Å². The summed E-state index contributed by atoms with van der Waals surface area (Å²) in [6.07, 6.45) is 2.25. The van der Waals surface area contributed by atoms with Crippen molar-refractivity contribution in [2.24, 2.45) is 5.92 Å². The van der Waals surface area contributed by atoms with Crippen molar-refractivity contribution in [3.05, 3.63) is 23.8 Å². The van der Waals surface area contributed by atoms with Crippen molar-refractivity contribution >= 4 is 11.6 Å². The molecule has 0 saturated heterocycles. The molecule has 2 unspecified atom stereocenters. The van der Waals surface area contributed by atoms with E-state index in [0.29, 0.717) is 12.0 Å². The molecule has 19 heavy (non-hydrogen) atoms. The van der Waals surface area contributed by atoms with Crippen molar-refractivity contribution in [1.82, 2.24) is 5.32 Å². The summed E-state index contributed by atoms with van der Waals surface area (Å²) >= 11 is 0. The van der Waals surface area contributed by atoms with E-state index in [-0.39, 0.29) is 12.5 Å². The number of amides is 1. The molecule has 4 nitrogen and oxygen atoms in total. The third-order valence-corrected chi connectivity index (χ3v) is 3.72. The lowest BCUT2D eigenvalue weighted by Gasteiger charge is -2.23. The Kier molecular flexibility index (Phi) is 4.43. The van der Waals surface area contributed by atoms with Gasteiger partial charge in [-0.2, -0.15) is 0 Å². The van der Waals surface area contributed by atoms with Gasteiger partial charge in [-0.3, -0.25) is 4.79 Å². The second-order valence-electron chi connectivity index (χ2n) is 5.18. The van der Waals surface area contributed by atoms with E-state index in [4.69, 9.17) is 4.74 Å². The first-order chi connectivity index (χ1) is 9.13. The third kappa shape index (κ3) is 3.26. The van der Waals surface area contributed by atoms with Gasteiger partial charge in [0.2, 0.25) is 0 Å². The Bertz CT molecular complexity index is 459. The predicted octanol–water partition coefficient (Wildman–Crippen LogP) is 2.71. The van der Waals surface area contributed by atoms with Gasteiger partial charge in [-0.25, -0.2) is 0 Å². The number of hydrogen-bond donors (Lipinski definition) is 2. The SMILES string of the molecule is CCC(C)CC(NC)c1ccc2c(c1)NC(=O)CO2. The van der Waals surface area contributed by atoms with Crippen LogP contribution in [0.3, 0.4) is 0 Å². The van der Waals surface area contributed by atoms with E-state index in [1.807, 2.05) is 19.2 Å². The van der Waals surface area contributed by atoms with Gasteiger partial charge in [0.25, 0.3) is 5.91 Å². The molecule has 4 heteroatoms. The minimum atomic E-state index is -0.0902. The Hall–Kier alpha value is -1.55. The van der Waals surface area contributed by atoms with Crippen molar-refractivity contribution in [3.63, 3.8) is 0 Å². The fourth-order valence-corrected chi connectivity index (χ4v) is 2.31. The number of benzene rings is 1. The molecule has 0 fully saturated rings. The van der Waals surface area contributed by atoms with Crippen LogP contribution in [0.25, 0.3) is 0 Å². The number of carbonyl (C=O) groups is 1. The summed E-state index contributed by atoms with van der Waals surface area (Å²) in [5.74, 6) is 1.33. The van der Waals surface area contributed by atoms with Gasteiger partial charge in [0.15, 0.2) is 6.61 Å². The topological polar surface area (TPSA) is 50.4 Å². The molecule has 2 atom stereocenters. The number of nitrogens with one attached hydrogen (secondary N) is 2. The molecular formula is C15H22N2O2. The number of carbonyl (C=O) groups excluding carboxylic acids is 1. The van der Waals surface area contributed by atoms with E-state index in [2.05, 4.69) is 30.5 Å². The molecule has 104 valence electrons. The standard InChI is InChI=1S/C15H22N2O2/c1-4-10(2)7-12(16-3)11-5-6-14-13(8-11)17-15(18)9-19-14/h5-6,8,10,12,16H,4,7,9H2,1-3H3,(H,17,18). The van der Waals surface area contributed by atoms with Crippen molar-refractivity contribution in [3.8, 4) is 5.75 Å². The Morgan fingerprint density at radius 2 is 2.26 bits per heavy atom. The van der Waals surface area contributed by atoms with Gasteiger partial charge >= 0.3 is 0 Å². The Morgan fingerprint density at radius 3 is 2.95 bits per heavy atom. The average molecular weight is 262 g/mol. The zero-order valence-corrected chi connectivity index (χ0v) is 11.8. The summed E-state index contributed by atoms with van der Waals surface area (Å²) in [7, 11) is 1.97. The molecule has 2 N–H and O–H groups in total. The van der Waals surface area contributed by atoms with Crippen LogP contribution >= 0.6 is 0 Å². The van der Waals surface area contributed by atoms with E-state index in [1.54, 1.807) is 0 Å². The molecule has 1 aromatic rings. The van der Waals surface area contributed by atoms with E-state index in [0.717, 1.165) is 17.9 Å². The van der Waals surface area contributed by atoms with Crippen LogP contribution in [-0.4, -0.2) is 19.6 Å². The van der Waals surface area contributed by atoms with Crippen LogP contribution in [0.2, 0.25) is 0 Å². The zero-order chi connectivity index (χ0) is 13.8. The Labute approximate surface area is 114 Å². The van der Waals surface area contributed by atoms with Crippen molar-refractivity contribution < 1.29 is 9.53 Å². The number of ether oxygens (including phenoxy) is 1. The number of rotatable bonds is 5. The smallest absolute Gasteiger partial charge is 0.262 e. The second-order valence-corrected chi connectivity index (χ2v) is 5.18. The molecule has 0 radical (unpaired) electrons. The Balaban J connectivity index is 2.19. The number of fused-ring (bicyclic) bond motifs is 1. The highest BCUT2D eigenvalue weighted by atomic mass is 16.5. The highest BCUT2D eigenvalue weighted by molar-refractivity contribution is 5.95. The molecule has 1 aliphatic heterocycles. The number of anilines is 1. The molecule has 1 heterocycles. The van der Waals surface area contributed by atoms with Gasteiger partial charge in [0.05, 0.1) is 5.69 Å². The lowest BCUT2D eigenvalue weighted by molar-refractivity contribution is -0.118. The first kappa shape index (κ1) is 13.9. The van der Waals surface area contributed by atoms with Crippen LogP contribution in [0.5, 0.6) is 5.75 Å². The largest absolute Gasteiger partial charge is 0.482 e. The van der Waals surface area contributed by atoms with Crippen LogP contribution in [0.4, 0.5) is 5.69 Å². The minimum Gasteiger partial charge on any atom is -0.482 e. The second kappa shape index (κ2) is 6.06. The van der Waals surface area contributed by atoms with Crippen LogP contribution in [0, 0.1) is 5.92 Å². The van der Waals surface area contributed by atoms with Gasteiger partial charge in [0.1, 0.15) is 5.75 Å². The average Bonchev–Trinajstić information content (AvgIpc) is 2.43. The molecule has 1 aliphatic rings. The Morgan fingerprint density at radius 1 is 1.47 bits per heavy atom. The van der Waals surface area contributed by atoms with Crippen LogP contribution < -0.4 is 15.4 Å². The predicted molar refractivity (Wildman–Crippen MR) is 76.4 cm³/mol. The first-order valence-electron chi connectivity index (χ1n) is 6.88. The molecule has 0 bridgehead atoms. The van der Waals surface area contributed by atoms with E-state index < -0.39 is 0 Å². The van der Waals surface area contributed by atoms with Crippen molar-refractivity contribution in [2.45, 2.75) is 32.7 Å².